The largest absolute Gasteiger partial charge is 0.383 e. The van der Waals surface area contributed by atoms with E-state index in [-0.39, 0.29) is 0 Å². The van der Waals surface area contributed by atoms with Crippen molar-refractivity contribution in [1.82, 2.24) is 0 Å². The van der Waals surface area contributed by atoms with Crippen LogP contribution in [-0.4, -0.2) is 17.5 Å². The molecule has 1 aliphatic rings. The lowest BCUT2D eigenvalue weighted by atomic mass is 10.2. The van der Waals surface area contributed by atoms with Gasteiger partial charge in [0.1, 0.15) is 0 Å². The molecule has 0 aliphatic carbocycles. The lowest BCUT2D eigenvalue weighted by molar-refractivity contribution is 0.805. The molecule has 0 amide bonds. The molecule has 0 bridgehead atoms. The van der Waals surface area contributed by atoms with Gasteiger partial charge in [-0.3, -0.25) is 0 Å². The first-order chi connectivity index (χ1) is 7.79. The van der Waals surface area contributed by atoms with Crippen molar-refractivity contribution in [2.24, 2.45) is 0 Å². The van der Waals surface area contributed by atoms with Crippen molar-refractivity contribution in [1.29, 1.82) is 5.26 Å². The topological polar surface area (TPSA) is 35.8 Å². The molecule has 1 saturated heterocycles. The monoisotopic (exact) mass is 252 g/mol. The quantitative estimate of drug-likeness (QED) is 0.894. The van der Waals surface area contributed by atoms with E-state index in [1.165, 1.54) is 18.6 Å². The third-order valence-electron chi connectivity index (χ3n) is 2.64. The Labute approximate surface area is 105 Å². The molecule has 1 N–H and O–H groups in total. The van der Waals surface area contributed by atoms with Gasteiger partial charge in [-0.15, -0.1) is 0 Å². The molecule has 0 radical (unpaired) electrons. The summed E-state index contributed by atoms with van der Waals surface area (Å²) in [6.45, 7) is 0.955. The first-order valence-electron chi connectivity index (χ1n) is 5.35. The van der Waals surface area contributed by atoms with Gasteiger partial charge in [0.15, 0.2) is 0 Å². The van der Waals surface area contributed by atoms with Gasteiger partial charge in [-0.1, -0.05) is 11.6 Å². The molecule has 4 heteroatoms. The van der Waals surface area contributed by atoms with Crippen LogP contribution in [0.25, 0.3) is 0 Å². The molecule has 2 rings (SSSR count). The van der Waals surface area contributed by atoms with Crippen LogP contribution in [0.4, 0.5) is 5.69 Å². The molecule has 0 spiro atoms. The first kappa shape index (κ1) is 11.6. The Hall–Kier alpha value is -0.850. The lowest BCUT2D eigenvalue weighted by Crippen LogP contribution is -2.13. The summed E-state index contributed by atoms with van der Waals surface area (Å²) in [5.41, 5.74) is 1.53. The standard InChI is InChI=1S/C12H13ClN2S/c13-11-6-9(7-14)3-4-12(11)15-8-10-2-1-5-16-10/h3-4,6,10,15H,1-2,5,8H2. The lowest BCUT2D eigenvalue weighted by Gasteiger charge is -2.12. The number of hydrogen-bond donors (Lipinski definition) is 1. The summed E-state index contributed by atoms with van der Waals surface area (Å²) < 4.78 is 0. The van der Waals surface area contributed by atoms with Crippen molar-refractivity contribution < 1.29 is 0 Å². The van der Waals surface area contributed by atoms with E-state index >= 15 is 0 Å². The summed E-state index contributed by atoms with van der Waals surface area (Å²) in [7, 11) is 0. The number of nitrogens with zero attached hydrogens (tertiary/aromatic N) is 1. The van der Waals surface area contributed by atoms with Gasteiger partial charge < -0.3 is 5.32 Å². The third kappa shape index (κ3) is 2.84. The maximum Gasteiger partial charge on any atom is 0.0992 e. The van der Waals surface area contributed by atoms with Crippen LogP contribution < -0.4 is 5.32 Å². The predicted molar refractivity (Wildman–Crippen MR) is 70.1 cm³/mol. The number of halogens is 1. The predicted octanol–water partition coefficient (Wildman–Crippen LogP) is 3.52. The van der Waals surface area contributed by atoms with Gasteiger partial charge in [-0.05, 0) is 36.8 Å². The zero-order valence-corrected chi connectivity index (χ0v) is 10.4. The van der Waals surface area contributed by atoms with Crippen LogP contribution in [0.5, 0.6) is 0 Å². The molecule has 16 heavy (non-hydrogen) atoms. The van der Waals surface area contributed by atoms with Crippen LogP contribution in [-0.2, 0) is 0 Å². The summed E-state index contributed by atoms with van der Waals surface area (Å²) in [6, 6.07) is 7.44. The highest BCUT2D eigenvalue weighted by Crippen LogP contribution is 2.28. The summed E-state index contributed by atoms with van der Waals surface area (Å²) in [4.78, 5) is 0. The highest BCUT2D eigenvalue weighted by Gasteiger charge is 2.15. The Morgan fingerprint density at radius 3 is 3.06 bits per heavy atom. The van der Waals surface area contributed by atoms with Gasteiger partial charge in [-0.25, -0.2) is 0 Å². The number of hydrogen-bond acceptors (Lipinski definition) is 3. The highest BCUT2D eigenvalue weighted by atomic mass is 35.5. The summed E-state index contributed by atoms with van der Waals surface area (Å²) in [5, 5.41) is 13.4. The molecule has 1 heterocycles. The molecule has 84 valence electrons. The second-order valence-electron chi connectivity index (χ2n) is 3.82. The van der Waals surface area contributed by atoms with Crippen molar-refractivity contribution in [3.05, 3.63) is 28.8 Å². The van der Waals surface area contributed by atoms with E-state index in [2.05, 4.69) is 11.4 Å². The van der Waals surface area contributed by atoms with E-state index in [4.69, 9.17) is 16.9 Å². The third-order valence-corrected chi connectivity index (χ3v) is 4.35. The number of thioether (sulfide) groups is 1. The minimum atomic E-state index is 0.603. The van der Waals surface area contributed by atoms with Crippen LogP contribution in [0.15, 0.2) is 18.2 Å². The average Bonchev–Trinajstić information content (AvgIpc) is 2.80. The van der Waals surface area contributed by atoms with Crippen LogP contribution in [0.1, 0.15) is 18.4 Å². The molecule has 0 saturated carbocycles. The fraction of sp³-hybridized carbons (Fsp3) is 0.417. The van der Waals surface area contributed by atoms with E-state index in [1.807, 2.05) is 17.8 Å². The Kier molecular flexibility index (Phi) is 3.98. The van der Waals surface area contributed by atoms with Crippen LogP contribution in [0.3, 0.4) is 0 Å². The summed E-state index contributed by atoms with van der Waals surface area (Å²) in [6.07, 6.45) is 2.60. The summed E-state index contributed by atoms with van der Waals surface area (Å²) in [5.74, 6) is 1.27. The smallest absolute Gasteiger partial charge is 0.0992 e. The zero-order chi connectivity index (χ0) is 11.4. The average molecular weight is 253 g/mol. The molecule has 1 aromatic carbocycles. The number of nitrogens with one attached hydrogen (secondary N) is 1. The van der Waals surface area contributed by atoms with Gasteiger partial charge >= 0.3 is 0 Å². The molecule has 1 aromatic rings. The van der Waals surface area contributed by atoms with E-state index in [0.29, 0.717) is 15.8 Å². The fourth-order valence-electron chi connectivity index (χ4n) is 1.76. The van der Waals surface area contributed by atoms with Crippen molar-refractivity contribution in [3.8, 4) is 6.07 Å². The van der Waals surface area contributed by atoms with Crippen molar-refractivity contribution >= 4 is 29.1 Å². The van der Waals surface area contributed by atoms with E-state index in [0.717, 1.165) is 12.2 Å². The van der Waals surface area contributed by atoms with Crippen LogP contribution in [0.2, 0.25) is 5.02 Å². The van der Waals surface area contributed by atoms with Crippen LogP contribution in [0, 0.1) is 11.3 Å². The second kappa shape index (κ2) is 5.47. The van der Waals surface area contributed by atoms with Gasteiger partial charge in [0.05, 0.1) is 22.3 Å². The van der Waals surface area contributed by atoms with Gasteiger partial charge in [0.25, 0.3) is 0 Å². The van der Waals surface area contributed by atoms with Crippen molar-refractivity contribution in [2.45, 2.75) is 18.1 Å². The molecule has 1 atom stereocenters. The fourth-order valence-corrected chi connectivity index (χ4v) is 3.21. The van der Waals surface area contributed by atoms with E-state index < -0.39 is 0 Å². The number of rotatable bonds is 3. The molecule has 0 aromatic heterocycles. The number of nitriles is 1. The van der Waals surface area contributed by atoms with Crippen molar-refractivity contribution in [3.63, 3.8) is 0 Å². The van der Waals surface area contributed by atoms with Gasteiger partial charge in [0.2, 0.25) is 0 Å². The van der Waals surface area contributed by atoms with Crippen LogP contribution >= 0.6 is 23.4 Å². The second-order valence-corrected chi connectivity index (χ2v) is 5.64. The van der Waals surface area contributed by atoms with E-state index in [1.54, 1.807) is 12.1 Å². The minimum Gasteiger partial charge on any atom is -0.383 e. The number of anilines is 1. The summed E-state index contributed by atoms with van der Waals surface area (Å²) >= 11 is 8.09. The molecule has 2 nitrogen and oxygen atoms in total. The first-order valence-corrected chi connectivity index (χ1v) is 6.77. The van der Waals surface area contributed by atoms with Crippen molar-refractivity contribution in [2.75, 3.05) is 17.6 Å². The maximum atomic E-state index is 8.72. The van der Waals surface area contributed by atoms with Gasteiger partial charge in [-0.2, -0.15) is 17.0 Å². The molecule has 1 fully saturated rings. The van der Waals surface area contributed by atoms with E-state index in [9.17, 15) is 0 Å². The normalized spacial score (nSPS) is 19.4. The Bertz CT molecular complexity index is 408. The molecular weight excluding hydrogens is 240 g/mol. The Morgan fingerprint density at radius 2 is 2.44 bits per heavy atom. The maximum absolute atomic E-state index is 8.72. The number of benzene rings is 1. The Morgan fingerprint density at radius 1 is 1.56 bits per heavy atom. The molecule has 1 aliphatic heterocycles. The molecular formula is C12H13ClN2S. The Balaban J connectivity index is 1.96. The minimum absolute atomic E-state index is 0.603. The molecule has 1 unspecified atom stereocenters. The zero-order valence-electron chi connectivity index (χ0n) is 8.87. The highest BCUT2D eigenvalue weighted by molar-refractivity contribution is 8.00. The SMILES string of the molecule is N#Cc1ccc(NCC2CCCS2)c(Cl)c1. The van der Waals surface area contributed by atoms with Gasteiger partial charge in [0, 0.05) is 11.8 Å².